The Morgan fingerprint density at radius 2 is 1.55 bits per heavy atom. The molecule has 0 radical (unpaired) electrons. The monoisotopic (exact) mass is 168 g/mol. The van der Waals surface area contributed by atoms with Gasteiger partial charge < -0.3 is 0 Å². The maximum absolute atomic E-state index is 11.8. The molecule has 0 aliphatic carbocycles. The Kier molecular flexibility index (Phi) is 3.90. The SMILES string of the molecule is CCC(C)C(C)CC(F)(F)F. The Labute approximate surface area is 65.8 Å². The van der Waals surface area contributed by atoms with Crippen molar-refractivity contribution in [3.8, 4) is 0 Å². The molecule has 0 aliphatic heterocycles. The lowest BCUT2D eigenvalue weighted by molar-refractivity contribution is -0.146. The Balaban J connectivity index is 3.77. The lowest BCUT2D eigenvalue weighted by atomic mass is 9.91. The molecule has 0 aromatic carbocycles. The highest BCUT2D eigenvalue weighted by Gasteiger charge is 2.31. The van der Waals surface area contributed by atoms with Gasteiger partial charge in [-0.2, -0.15) is 13.2 Å². The Hall–Kier alpha value is -0.210. The van der Waals surface area contributed by atoms with Crippen molar-refractivity contribution in [3.63, 3.8) is 0 Å². The van der Waals surface area contributed by atoms with Gasteiger partial charge in [0.15, 0.2) is 0 Å². The van der Waals surface area contributed by atoms with Crippen LogP contribution in [-0.2, 0) is 0 Å². The van der Waals surface area contributed by atoms with E-state index in [-0.39, 0.29) is 11.8 Å². The molecule has 0 saturated heterocycles. The number of rotatable bonds is 3. The predicted octanol–water partition coefficient (Wildman–Crippen LogP) is 3.62. The fourth-order valence-corrected chi connectivity index (χ4v) is 0.969. The van der Waals surface area contributed by atoms with Gasteiger partial charge in [-0.25, -0.2) is 0 Å². The minimum atomic E-state index is -4.00. The van der Waals surface area contributed by atoms with Crippen molar-refractivity contribution in [2.45, 2.75) is 39.8 Å². The molecule has 0 amide bonds. The summed E-state index contributed by atoms with van der Waals surface area (Å²) in [5, 5.41) is 0. The largest absolute Gasteiger partial charge is 0.389 e. The molecular weight excluding hydrogens is 153 g/mol. The average molecular weight is 168 g/mol. The molecular formula is C8H15F3. The Morgan fingerprint density at radius 1 is 1.09 bits per heavy atom. The van der Waals surface area contributed by atoms with Crippen LogP contribution < -0.4 is 0 Å². The third kappa shape index (κ3) is 5.10. The zero-order valence-corrected chi connectivity index (χ0v) is 7.20. The number of hydrogen-bond acceptors (Lipinski definition) is 0. The molecule has 0 saturated carbocycles. The highest BCUT2D eigenvalue weighted by atomic mass is 19.4. The van der Waals surface area contributed by atoms with Gasteiger partial charge in [0.05, 0.1) is 0 Å². The van der Waals surface area contributed by atoms with Crippen molar-refractivity contribution < 1.29 is 13.2 Å². The average Bonchev–Trinajstić information content (AvgIpc) is 1.82. The van der Waals surface area contributed by atoms with E-state index in [9.17, 15) is 13.2 Å². The molecule has 0 rings (SSSR count). The number of halogens is 3. The molecule has 0 spiro atoms. The first-order chi connectivity index (χ1) is 4.87. The molecule has 0 fully saturated rings. The fourth-order valence-electron chi connectivity index (χ4n) is 0.969. The van der Waals surface area contributed by atoms with Crippen LogP contribution in [0.1, 0.15) is 33.6 Å². The quantitative estimate of drug-likeness (QED) is 0.603. The van der Waals surface area contributed by atoms with E-state index in [1.807, 2.05) is 13.8 Å². The maximum atomic E-state index is 11.8. The predicted molar refractivity (Wildman–Crippen MR) is 39.3 cm³/mol. The molecule has 2 atom stereocenters. The van der Waals surface area contributed by atoms with Crippen LogP contribution in [0.3, 0.4) is 0 Å². The second kappa shape index (κ2) is 3.98. The van der Waals surface area contributed by atoms with Crippen LogP contribution in [0.25, 0.3) is 0 Å². The minimum Gasteiger partial charge on any atom is -0.171 e. The molecule has 0 bridgehead atoms. The van der Waals surface area contributed by atoms with E-state index >= 15 is 0 Å². The van der Waals surface area contributed by atoms with E-state index in [2.05, 4.69) is 0 Å². The first-order valence-electron chi connectivity index (χ1n) is 3.93. The third-order valence-corrected chi connectivity index (χ3v) is 2.17. The fraction of sp³-hybridized carbons (Fsp3) is 1.00. The molecule has 0 aliphatic rings. The van der Waals surface area contributed by atoms with E-state index in [4.69, 9.17) is 0 Å². The van der Waals surface area contributed by atoms with Gasteiger partial charge in [0.2, 0.25) is 0 Å². The molecule has 2 unspecified atom stereocenters. The van der Waals surface area contributed by atoms with Crippen molar-refractivity contribution in [2.24, 2.45) is 11.8 Å². The molecule has 11 heavy (non-hydrogen) atoms. The van der Waals surface area contributed by atoms with Crippen molar-refractivity contribution in [1.82, 2.24) is 0 Å². The number of hydrogen-bond donors (Lipinski definition) is 0. The highest BCUT2D eigenvalue weighted by Crippen LogP contribution is 2.29. The molecule has 0 heterocycles. The van der Waals surface area contributed by atoms with Crippen molar-refractivity contribution in [1.29, 1.82) is 0 Å². The van der Waals surface area contributed by atoms with Crippen LogP contribution in [0.4, 0.5) is 13.2 Å². The summed E-state index contributed by atoms with van der Waals surface area (Å²) in [5.74, 6) is -0.0865. The minimum absolute atomic E-state index is 0.164. The summed E-state index contributed by atoms with van der Waals surface area (Å²) in [5.41, 5.74) is 0. The van der Waals surface area contributed by atoms with Crippen molar-refractivity contribution in [3.05, 3.63) is 0 Å². The summed E-state index contributed by atoms with van der Waals surface area (Å²) < 4.78 is 35.4. The van der Waals surface area contributed by atoms with Crippen molar-refractivity contribution in [2.75, 3.05) is 0 Å². The van der Waals surface area contributed by atoms with Crippen LogP contribution in [0.2, 0.25) is 0 Å². The zero-order valence-electron chi connectivity index (χ0n) is 7.20. The van der Waals surface area contributed by atoms with E-state index < -0.39 is 12.6 Å². The van der Waals surface area contributed by atoms with Crippen LogP contribution in [-0.4, -0.2) is 6.18 Å². The third-order valence-electron chi connectivity index (χ3n) is 2.17. The smallest absolute Gasteiger partial charge is 0.171 e. The van der Waals surface area contributed by atoms with Gasteiger partial charge in [-0.1, -0.05) is 27.2 Å². The normalized spacial score (nSPS) is 18.0. The number of alkyl halides is 3. The molecule has 0 N–H and O–H groups in total. The second-order valence-corrected chi connectivity index (χ2v) is 3.18. The van der Waals surface area contributed by atoms with Gasteiger partial charge in [-0.15, -0.1) is 0 Å². The van der Waals surface area contributed by atoms with E-state index in [0.717, 1.165) is 6.42 Å². The van der Waals surface area contributed by atoms with Crippen LogP contribution >= 0.6 is 0 Å². The summed E-state index contributed by atoms with van der Waals surface area (Å²) >= 11 is 0. The summed E-state index contributed by atoms with van der Waals surface area (Å²) in [6.45, 7) is 5.43. The summed E-state index contributed by atoms with van der Waals surface area (Å²) in [6, 6.07) is 0. The van der Waals surface area contributed by atoms with Gasteiger partial charge in [0.1, 0.15) is 0 Å². The van der Waals surface area contributed by atoms with E-state index in [1.165, 1.54) is 0 Å². The van der Waals surface area contributed by atoms with Gasteiger partial charge in [-0.3, -0.25) is 0 Å². The van der Waals surface area contributed by atoms with Gasteiger partial charge in [0.25, 0.3) is 0 Å². The van der Waals surface area contributed by atoms with Crippen LogP contribution in [0, 0.1) is 11.8 Å². The molecule has 0 aromatic heterocycles. The molecule has 0 aromatic rings. The van der Waals surface area contributed by atoms with Crippen LogP contribution in [0.5, 0.6) is 0 Å². The summed E-state index contributed by atoms with van der Waals surface area (Å²) in [7, 11) is 0. The molecule has 0 nitrogen and oxygen atoms in total. The molecule has 3 heteroatoms. The van der Waals surface area contributed by atoms with Crippen LogP contribution in [0.15, 0.2) is 0 Å². The topological polar surface area (TPSA) is 0 Å². The second-order valence-electron chi connectivity index (χ2n) is 3.18. The van der Waals surface area contributed by atoms with Gasteiger partial charge in [0, 0.05) is 6.42 Å². The lowest BCUT2D eigenvalue weighted by Crippen LogP contribution is -2.17. The van der Waals surface area contributed by atoms with Gasteiger partial charge in [-0.05, 0) is 11.8 Å². The van der Waals surface area contributed by atoms with E-state index in [1.54, 1.807) is 6.92 Å². The van der Waals surface area contributed by atoms with Gasteiger partial charge >= 0.3 is 6.18 Å². The Morgan fingerprint density at radius 3 is 1.82 bits per heavy atom. The molecule has 68 valence electrons. The van der Waals surface area contributed by atoms with E-state index in [0.29, 0.717) is 0 Å². The first-order valence-corrected chi connectivity index (χ1v) is 3.93. The summed E-state index contributed by atoms with van der Waals surface area (Å²) in [6.07, 6.45) is -3.83. The zero-order chi connectivity index (χ0) is 9.07. The Bertz CT molecular complexity index is 106. The standard InChI is InChI=1S/C8H15F3/c1-4-6(2)7(3)5-8(9,10)11/h6-7H,4-5H2,1-3H3. The van der Waals surface area contributed by atoms with Crippen molar-refractivity contribution >= 4 is 0 Å². The summed E-state index contributed by atoms with van der Waals surface area (Å²) in [4.78, 5) is 0. The first kappa shape index (κ1) is 10.8. The highest BCUT2D eigenvalue weighted by molar-refractivity contribution is 4.64. The maximum Gasteiger partial charge on any atom is 0.389 e. The lowest BCUT2D eigenvalue weighted by Gasteiger charge is -2.19.